The van der Waals surface area contributed by atoms with E-state index in [1.54, 1.807) is 12.4 Å². The number of rotatable bonds is 4. The molecule has 32 heavy (non-hydrogen) atoms. The molecular formula is C21H26F3N3O5. The molecule has 1 aromatic heterocycles. The second-order valence-corrected chi connectivity index (χ2v) is 8.41. The Morgan fingerprint density at radius 1 is 1.25 bits per heavy atom. The predicted octanol–water partition coefficient (Wildman–Crippen LogP) is 2.23. The molecule has 1 spiro atoms. The minimum absolute atomic E-state index is 0.0294. The summed E-state index contributed by atoms with van der Waals surface area (Å²) in [5.41, 5.74) is 0.733. The predicted molar refractivity (Wildman–Crippen MR) is 105 cm³/mol. The van der Waals surface area contributed by atoms with E-state index in [1.165, 1.54) is 12.8 Å². The lowest BCUT2D eigenvalue weighted by Crippen LogP contribution is -2.59. The number of hydrogen-bond acceptors (Lipinski definition) is 5. The average Bonchev–Trinajstić information content (AvgIpc) is 3.56. The van der Waals surface area contributed by atoms with Gasteiger partial charge < -0.3 is 19.6 Å². The number of piperidine rings is 1. The summed E-state index contributed by atoms with van der Waals surface area (Å²) in [7, 11) is 0. The first kappa shape index (κ1) is 24.0. The van der Waals surface area contributed by atoms with Crippen molar-refractivity contribution in [2.75, 3.05) is 26.2 Å². The first-order valence-electron chi connectivity index (χ1n) is 10.5. The number of carboxylic acid groups (broad SMARTS) is 1. The quantitative estimate of drug-likeness (QED) is 0.745. The minimum atomic E-state index is -5.08. The third kappa shape index (κ3) is 6.65. The van der Waals surface area contributed by atoms with Crippen molar-refractivity contribution in [2.45, 2.75) is 50.4 Å². The average molecular weight is 457 g/mol. The molecular weight excluding hydrogens is 431 g/mol. The fourth-order valence-corrected chi connectivity index (χ4v) is 3.81. The lowest BCUT2D eigenvalue weighted by atomic mass is 9.89. The highest BCUT2D eigenvalue weighted by molar-refractivity contribution is 5.78. The molecule has 8 nitrogen and oxygen atoms in total. The molecule has 2 amide bonds. The number of morpholine rings is 1. The van der Waals surface area contributed by atoms with Crippen LogP contribution in [0.5, 0.6) is 0 Å². The Balaban J connectivity index is 0.000000360. The van der Waals surface area contributed by atoms with E-state index in [1.807, 2.05) is 21.9 Å². The first-order valence-corrected chi connectivity index (χ1v) is 10.5. The molecule has 2 saturated heterocycles. The first-order chi connectivity index (χ1) is 15.1. The number of alkyl halides is 3. The molecule has 0 bridgehead atoms. The normalized spacial score (nSPS) is 20.5. The summed E-state index contributed by atoms with van der Waals surface area (Å²) in [6, 6.07) is 3.88. The van der Waals surface area contributed by atoms with Crippen LogP contribution in [0.2, 0.25) is 0 Å². The van der Waals surface area contributed by atoms with E-state index in [0.717, 1.165) is 31.5 Å². The van der Waals surface area contributed by atoms with Crippen LogP contribution in [0, 0.1) is 5.92 Å². The third-order valence-electron chi connectivity index (χ3n) is 5.86. The molecule has 2 aliphatic heterocycles. The topological polar surface area (TPSA) is 100 Å². The Kier molecular flexibility index (Phi) is 7.37. The summed E-state index contributed by atoms with van der Waals surface area (Å²) in [5, 5.41) is 7.12. The maximum atomic E-state index is 12.3. The van der Waals surface area contributed by atoms with Gasteiger partial charge in [-0.25, -0.2) is 4.79 Å². The molecule has 0 unspecified atom stereocenters. The molecule has 1 saturated carbocycles. The van der Waals surface area contributed by atoms with Gasteiger partial charge in [0.2, 0.25) is 11.8 Å². The van der Waals surface area contributed by atoms with Crippen molar-refractivity contribution in [1.29, 1.82) is 0 Å². The van der Waals surface area contributed by atoms with Crippen molar-refractivity contribution in [3.05, 3.63) is 30.1 Å². The van der Waals surface area contributed by atoms with Gasteiger partial charge in [0.1, 0.15) is 6.61 Å². The van der Waals surface area contributed by atoms with Gasteiger partial charge in [-0.05, 0) is 43.2 Å². The van der Waals surface area contributed by atoms with Gasteiger partial charge in [0, 0.05) is 38.4 Å². The summed E-state index contributed by atoms with van der Waals surface area (Å²) in [6.07, 6.45) is 3.19. The van der Waals surface area contributed by atoms with Gasteiger partial charge in [-0.1, -0.05) is 6.07 Å². The number of aliphatic carboxylic acids is 1. The van der Waals surface area contributed by atoms with E-state index in [9.17, 15) is 22.8 Å². The number of ether oxygens (including phenoxy) is 1. The molecule has 1 aromatic rings. The Bertz CT molecular complexity index is 822. The second-order valence-electron chi connectivity index (χ2n) is 8.41. The van der Waals surface area contributed by atoms with Gasteiger partial charge in [-0.2, -0.15) is 13.2 Å². The third-order valence-corrected chi connectivity index (χ3v) is 5.86. The van der Waals surface area contributed by atoms with E-state index in [4.69, 9.17) is 14.6 Å². The van der Waals surface area contributed by atoms with Crippen molar-refractivity contribution in [1.82, 2.24) is 14.8 Å². The molecule has 0 atom stereocenters. The Labute approximate surface area is 183 Å². The Morgan fingerprint density at radius 3 is 2.44 bits per heavy atom. The molecule has 0 aromatic carbocycles. The number of aromatic nitrogens is 1. The van der Waals surface area contributed by atoms with E-state index in [2.05, 4.69) is 4.98 Å². The molecule has 3 aliphatic rings. The maximum absolute atomic E-state index is 12.3. The number of halogens is 3. The van der Waals surface area contributed by atoms with Crippen LogP contribution in [0.1, 0.15) is 37.7 Å². The standard InChI is InChI=1S/C19H25N3O3.C2HF3O2/c23-17(10-15-3-4-15)21-8-5-19(6-9-21)14-22(18(24)13-25-19)12-16-2-1-7-20-11-16;3-2(4,5)1(6)7/h1-2,7,11,15H,3-6,8-10,12-14H2;(H,6,7). The zero-order valence-corrected chi connectivity index (χ0v) is 17.5. The van der Waals surface area contributed by atoms with Gasteiger partial charge in [-0.3, -0.25) is 14.6 Å². The van der Waals surface area contributed by atoms with Gasteiger partial charge in [-0.15, -0.1) is 0 Å². The van der Waals surface area contributed by atoms with Crippen LogP contribution < -0.4 is 0 Å². The zero-order valence-electron chi connectivity index (χ0n) is 17.5. The van der Waals surface area contributed by atoms with Crippen LogP contribution in [0.15, 0.2) is 24.5 Å². The van der Waals surface area contributed by atoms with Crippen LogP contribution in [0.4, 0.5) is 13.2 Å². The Morgan fingerprint density at radius 2 is 1.91 bits per heavy atom. The smallest absolute Gasteiger partial charge is 0.475 e. The van der Waals surface area contributed by atoms with Crippen molar-refractivity contribution in [3.8, 4) is 0 Å². The van der Waals surface area contributed by atoms with E-state index in [0.29, 0.717) is 25.4 Å². The molecule has 1 aliphatic carbocycles. The minimum Gasteiger partial charge on any atom is -0.475 e. The maximum Gasteiger partial charge on any atom is 0.490 e. The van der Waals surface area contributed by atoms with E-state index >= 15 is 0 Å². The monoisotopic (exact) mass is 457 g/mol. The van der Waals surface area contributed by atoms with Gasteiger partial charge in [0.25, 0.3) is 0 Å². The number of carbonyl (C=O) groups is 3. The van der Waals surface area contributed by atoms with Crippen LogP contribution in [0.3, 0.4) is 0 Å². The molecule has 0 radical (unpaired) electrons. The summed E-state index contributed by atoms with van der Waals surface area (Å²) >= 11 is 0. The van der Waals surface area contributed by atoms with Crippen molar-refractivity contribution in [2.24, 2.45) is 5.92 Å². The molecule has 176 valence electrons. The molecule has 4 rings (SSSR count). The summed E-state index contributed by atoms with van der Waals surface area (Å²) < 4.78 is 37.7. The zero-order chi connectivity index (χ0) is 23.4. The number of pyridine rings is 1. The van der Waals surface area contributed by atoms with Crippen LogP contribution in [-0.4, -0.2) is 75.7 Å². The molecule has 1 N–H and O–H groups in total. The van der Waals surface area contributed by atoms with Crippen LogP contribution in [0.25, 0.3) is 0 Å². The lowest BCUT2D eigenvalue weighted by Gasteiger charge is -2.47. The highest BCUT2D eigenvalue weighted by Gasteiger charge is 2.43. The highest BCUT2D eigenvalue weighted by atomic mass is 19.4. The molecule has 3 heterocycles. The van der Waals surface area contributed by atoms with E-state index in [-0.39, 0.29) is 24.0 Å². The number of carbonyl (C=O) groups excluding carboxylic acids is 2. The van der Waals surface area contributed by atoms with E-state index < -0.39 is 12.1 Å². The van der Waals surface area contributed by atoms with Crippen molar-refractivity contribution >= 4 is 17.8 Å². The fraction of sp³-hybridized carbons (Fsp3) is 0.619. The van der Waals surface area contributed by atoms with Gasteiger partial charge in [0.05, 0.1) is 12.1 Å². The van der Waals surface area contributed by atoms with Crippen LogP contribution in [-0.2, 0) is 25.7 Å². The number of nitrogens with zero attached hydrogens (tertiary/aromatic N) is 3. The highest BCUT2D eigenvalue weighted by Crippen LogP contribution is 2.35. The molecule has 3 fully saturated rings. The van der Waals surface area contributed by atoms with Crippen molar-refractivity contribution in [3.63, 3.8) is 0 Å². The lowest BCUT2D eigenvalue weighted by molar-refractivity contribution is -0.192. The summed E-state index contributed by atoms with van der Waals surface area (Å²) in [6.45, 7) is 2.78. The molecule has 11 heteroatoms. The number of likely N-dealkylation sites (tertiary alicyclic amines) is 1. The number of amides is 2. The number of hydrogen-bond donors (Lipinski definition) is 1. The van der Waals surface area contributed by atoms with Crippen LogP contribution >= 0.6 is 0 Å². The summed E-state index contributed by atoms with van der Waals surface area (Å²) in [5.74, 6) is -1.81. The summed E-state index contributed by atoms with van der Waals surface area (Å²) in [4.78, 5) is 41.4. The Hall–Kier alpha value is -2.69. The second kappa shape index (κ2) is 9.85. The van der Waals surface area contributed by atoms with Gasteiger partial charge >= 0.3 is 12.1 Å². The van der Waals surface area contributed by atoms with Gasteiger partial charge in [0.15, 0.2) is 0 Å². The fourth-order valence-electron chi connectivity index (χ4n) is 3.81. The largest absolute Gasteiger partial charge is 0.490 e. The SMILES string of the molecule is O=C(CC1CC1)N1CCC2(CC1)CN(Cc1cccnc1)C(=O)CO2.O=C(O)C(F)(F)F. The van der Waals surface area contributed by atoms with Crippen molar-refractivity contribution < 1.29 is 37.4 Å². The number of carboxylic acids is 1.